The van der Waals surface area contributed by atoms with Gasteiger partial charge in [0.15, 0.2) is 5.78 Å². The summed E-state index contributed by atoms with van der Waals surface area (Å²) in [5.74, 6) is 0.0233. The fraction of sp³-hybridized carbons (Fsp3) is 0. The number of hydrogen-bond donors (Lipinski definition) is 0. The zero-order valence-electron chi connectivity index (χ0n) is 15.4. The van der Waals surface area contributed by atoms with Gasteiger partial charge in [-0.15, -0.1) is 0 Å². The van der Waals surface area contributed by atoms with Crippen molar-refractivity contribution in [2.24, 2.45) is 0 Å². The second-order valence-electron chi connectivity index (χ2n) is 6.76. The van der Waals surface area contributed by atoms with Gasteiger partial charge in [-0.05, 0) is 54.6 Å². The van der Waals surface area contributed by atoms with Crippen LogP contribution in [0, 0.1) is 0 Å². The first kappa shape index (κ1) is 18.0. The summed E-state index contributed by atoms with van der Waals surface area (Å²) in [6.45, 7) is 0. The highest BCUT2D eigenvalue weighted by Crippen LogP contribution is 2.51. The molecule has 1 aliphatic heterocycles. The molecular weight excluding hydrogens is 398 g/mol. The van der Waals surface area contributed by atoms with Crippen LogP contribution < -0.4 is 4.90 Å². The molecule has 0 bridgehead atoms. The maximum atomic E-state index is 12.7. The van der Waals surface area contributed by atoms with Gasteiger partial charge >= 0.3 is 0 Å². The van der Waals surface area contributed by atoms with E-state index in [4.69, 9.17) is 11.6 Å². The second kappa shape index (κ2) is 7.43. The average molecular weight is 414 g/mol. The number of benzene rings is 4. The Labute approximate surface area is 178 Å². The van der Waals surface area contributed by atoms with Crippen LogP contribution in [0.3, 0.4) is 0 Å². The third kappa shape index (κ3) is 3.33. The van der Waals surface area contributed by atoms with E-state index in [2.05, 4.69) is 23.1 Å². The van der Waals surface area contributed by atoms with Crippen molar-refractivity contribution < 1.29 is 4.79 Å². The minimum Gasteiger partial charge on any atom is -0.308 e. The SMILES string of the molecule is O=C(c1ccccc1)c1ccc(N2c3ccccc3Sc3ccc(Cl)cc32)cc1. The number of carbonyl (C=O) groups is 1. The highest BCUT2D eigenvalue weighted by Gasteiger charge is 2.25. The fourth-order valence-corrected chi connectivity index (χ4v) is 4.73. The monoisotopic (exact) mass is 413 g/mol. The standard InChI is InChI=1S/C25H16ClNOS/c26-19-12-15-24-22(16-19)27(21-8-4-5-9-23(21)29-24)20-13-10-18(11-14-20)25(28)17-6-2-1-3-7-17/h1-16H. The first-order valence-electron chi connectivity index (χ1n) is 9.27. The predicted molar refractivity (Wildman–Crippen MR) is 120 cm³/mol. The third-order valence-corrected chi connectivity index (χ3v) is 6.28. The van der Waals surface area contributed by atoms with E-state index in [1.807, 2.05) is 78.9 Å². The van der Waals surface area contributed by atoms with Gasteiger partial charge in [-0.25, -0.2) is 0 Å². The van der Waals surface area contributed by atoms with Crippen LogP contribution in [0.25, 0.3) is 0 Å². The number of anilines is 3. The fourth-order valence-electron chi connectivity index (χ4n) is 3.52. The van der Waals surface area contributed by atoms with E-state index in [1.54, 1.807) is 11.8 Å². The van der Waals surface area contributed by atoms with Crippen molar-refractivity contribution in [3.8, 4) is 0 Å². The molecule has 29 heavy (non-hydrogen) atoms. The van der Waals surface area contributed by atoms with Crippen LogP contribution in [0.15, 0.2) is 107 Å². The number of rotatable bonds is 3. The summed E-state index contributed by atoms with van der Waals surface area (Å²) in [5.41, 5.74) is 4.51. The van der Waals surface area contributed by atoms with Crippen molar-refractivity contribution in [1.82, 2.24) is 0 Å². The van der Waals surface area contributed by atoms with Crippen molar-refractivity contribution in [3.05, 3.63) is 113 Å². The molecule has 0 spiro atoms. The van der Waals surface area contributed by atoms with Crippen molar-refractivity contribution in [3.63, 3.8) is 0 Å². The molecule has 0 atom stereocenters. The highest BCUT2D eigenvalue weighted by molar-refractivity contribution is 7.99. The van der Waals surface area contributed by atoms with Crippen molar-refractivity contribution >= 4 is 46.2 Å². The van der Waals surface area contributed by atoms with Crippen LogP contribution in [0.1, 0.15) is 15.9 Å². The molecule has 0 saturated heterocycles. The summed E-state index contributed by atoms with van der Waals surface area (Å²) in [6.07, 6.45) is 0. The molecule has 0 N–H and O–H groups in total. The Balaban J connectivity index is 1.58. The van der Waals surface area contributed by atoms with Crippen LogP contribution in [0.5, 0.6) is 0 Å². The Morgan fingerprint density at radius 2 is 1.34 bits per heavy atom. The molecule has 1 heterocycles. The molecule has 4 aromatic carbocycles. The maximum Gasteiger partial charge on any atom is 0.193 e. The first-order chi connectivity index (χ1) is 14.2. The molecule has 0 unspecified atom stereocenters. The molecule has 0 amide bonds. The molecule has 0 radical (unpaired) electrons. The lowest BCUT2D eigenvalue weighted by Gasteiger charge is -2.33. The van der Waals surface area contributed by atoms with E-state index in [-0.39, 0.29) is 5.78 Å². The van der Waals surface area contributed by atoms with E-state index in [0.29, 0.717) is 16.1 Å². The molecule has 140 valence electrons. The van der Waals surface area contributed by atoms with Crippen molar-refractivity contribution in [2.75, 3.05) is 4.90 Å². The lowest BCUT2D eigenvalue weighted by atomic mass is 10.0. The topological polar surface area (TPSA) is 20.3 Å². The number of para-hydroxylation sites is 1. The van der Waals surface area contributed by atoms with Gasteiger partial charge in [-0.3, -0.25) is 4.79 Å². The Morgan fingerprint density at radius 3 is 2.14 bits per heavy atom. The Bertz CT molecular complexity index is 1210. The van der Waals surface area contributed by atoms with Gasteiger partial charge in [-0.2, -0.15) is 0 Å². The van der Waals surface area contributed by atoms with E-state index in [9.17, 15) is 4.79 Å². The number of hydrogen-bond acceptors (Lipinski definition) is 3. The summed E-state index contributed by atoms with van der Waals surface area (Å²) in [6, 6.07) is 31.4. The largest absolute Gasteiger partial charge is 0.308 e. The lowest BCUT2D eigenvalue weighted by Crippen LogP contribution is -2.15. The molecule has 5 rings (SSSR count). The Morgan fingerprint density at radius 1 is 0.690 bits per heavy atom. The predicted octanol–water partition coefficient (Wildman–Crippen LogP) is 7.51. The van der Waals surface area contributed by atoms with Gasteiger partial charge in [0, 0.05) is 31.6 Å². The summed E-state index contributed by atoms with van der Waals surface area (Å²) in [7, 11) is 0. The summed E-state index contributed by atoms with van der Waals surface area (Å²) < 4.78 is 0. The molecule has 0 saturated carbocycles. The molecule has 2 nitrogen and oxygen atoms in total. The van der Waals surface area contributed by atoms with Gasteiger partial charge in [0.25, 0.3) is 0 Å². The van der Waals surface area contributed by atoms with Crippen molar-refractivity contribution in [1.29, 1.82) is 0 Å². The average Bonchev–Trinajstić information content (AvgIpc) is 2.78. The van der Waals surface area contributed by atoms with Crippen molar-refractivity contribution in [2.45, 2.75) is 9.79 Å². The first-order valence-corrected chi connectivity index (χ1v) is 10.5. The molecular formula is C25H16ClNOS. The van der Waals surface area contributed by atoms with Gasteiger partial charge in [0.1, 0.15) is 0 Å². The van der Waals surface area contributed by atoms with Crippen LogP contribution in [0.4, 0.5) is 17.1 Å². The number of carbonyl (C=O) groups excluding carboxylic acids is 1. The van der Waals surface area contributed by atoms with Crippen LogP contribution >= 0.6 is 23.4 Å². The van der Waals surface area contributed by atoms with Crippen LogP contribution in [0.2, 0.25) is 5.02 Å². The third-order valence-electron chi connectivity index (χ3n) is 4.91. The van der Waals surface area contributed by atoms with Crippen LogP contribution in [-0.2, 0) is 0 Å². The lowest BCUT2D eigenvalue weighted by molar-refractivity contribution is 0.103. The van der Waals surface area contributed by atoms with E-state index in [0.717, 1.165) is 22.0 Å². The quantitative estimate of drug-likeness (QED) is 0.285. The number of fused-ring (bicyclic) bond motifs is 2. The van der Waals surface area contributed by atoms with E-state index >= 15 is 0 Å². The summed E-state index contributed by atoms with van der Waals surface area (Å²) in [5, 5.41) is 0.699. The summed E-state index contributed by atoms with van der Waals surface area (Å²) >= 11 is 8.05. The van der Waals surface area contributed by atoms with Gasteiger partial charge in [0.2, 0.25) is 0 Å². The molecule has 0 aromatic heterocycles. The smallest absolute Gasteiger partial charge is 0.193 e. The second-order valence-corrected chi connectivity index (χ2v) is 8.28. The zero-order chi connectivity index (χ0) is 19.8. The molecule has 4 heteroatoms. The molecule has 4 aromatic rings. The van der Waals surface area contributed by atoms with Gasteiger partial charge in [-0.1, -0.05) is 65.8 Å². The zero-order valence-corrected chi connectivity index (χ0v) is 17.0. The number of ketones is 1. The van der Waals surface area contributed by atoms with Crippen LogP contribution in [-0.4, -0.2) is 5.78 Å². The molecule has 1 aliphatic rings. The Hall–Kier alpha value is -3.01. The summed E-state index contributed by atoms with van der Waals surface area (Å²) in [4.78, 5) is 17.3. The maximum absolute atomic E-state index is 12.7. The Kier molecular flexibility index (Phi) is 4.62. The van der Waals surface area contributed by atoms with Gasteiger partial charge < -0.3 is 4.90 Å². The van der Waals surface area contributed by atoms with Gasteiger partial charge in [0.05, 0.1) is 11.4 Å². The molecule has 0 fully saturated rings. The number of halogens is 1. The normalized spacial score (nSPS) is 12.2. The van der Waals surface area contributed by atoms with E-state index < -0.39 is 0 Å². The number of nitrogens with zero attached hydrogens (tertiary/aromatic N) is 1. The molecule has 0 aliphatic carbocycles. The van der Waals surface area contributed by atoms with E-state index in [1.165, 1.54) is 4.90 Å². The highest BCUT2D eigenvalue weighted by atomic mass is 35.5. The minimum absolute atomic E-state index is 0.0233. The minimum atomic E-state index is 0.0233.